The minimum atomic E-state index is -5.60. The number of ether oxygens (including phenoxy) is 1. The second-order valence-corrected chi connectivity index (χ2v) is 12.3. The van der Waals surface area contributed by atoms with Crippen LogP contribution in [0.15, 0.2) is 82.1 Å². The van der Waals surface area contributed by atoms with Crippen molar-refractivity contribution in [2.24, 2.45) is 0 Å². The average molecular weight is 610 g/mol. The van der Waals surface area contributed by atoms with Crippen LogP contribution in [0.5, 0.6) is 5.75 Å². The number of alkyl halides is 6. The van der Waals surface area contributed by atoms with Crippen molar-refractivity contribution < 1.29 is 52.3 Å². The van der Waals surface area contributed by atoms with Gasteiger partial charge in [0.2, 0.25) is 9.84 Å². The Morgan fingerprint density at radius 1 is 0.975 bits per heavy atom. The van der Waals surface area contributed by atoms with Gasteiger partial charge in [-0.3, -0.25) is 0 Å². The maximum Gasteiger partial charge on any atom is 0.573 e. The van der Waals surface area contributed by atoms with Crippen LogP contribution >= 0.6 is 0 Å². The number of aryl methyl sites for hydroxylation is 1. The van der Waals surface area contributed by atoms with Crippen LogP contribution in [0.4, 0.5) is 30.7 Å². The van der Waals surface area contributed by atoms with Gasteiger partial charge in [-0.25, -0.2) is 16.8 Å². The minimum absolute atomic E-state index is 0.0206. The van der Waals surface area contributed by atoms with E-state index in [2.05, 4.69) is 10.5 Å². The highest BCUT2D eigenvalue weighted by molar-refractivity contribution is 7.95. The van der Waals surface area contributed by atoms with E-state index < -0.39 is 59.2 Å². The first-order valence-corrected chi connectivity index (χ1v) is 14.3. The molecule has 1 unspecified atom stereocenters. The van der Waals surface area contributed by atoms with E-state index in [1.807, 2.05) is 0 Å². The predicted molar refractivity (Wildman–Crippen MR) is 129 cm³/mol. The molecular weight excluding hydrogens is 591 g/mol. The molecule has 2 aliphatic rings. The molecule has 2 aliphatic carbocycles. The van der Waals surface area contributed by atoms with E-state index in [1.54, 1.807) is 4.72 Å². The number of halogens is 7. The first kappa shape index (κ1) is 29.6. The molecule has 0 amide bonds. The zero-order valence-corrected chi connectivity index (χ0v) is 21.6. The Labute approximate surface area is 224 Å². The molecule has 0 saturated heterocycles. The van der Waals surface area contributed by atoms with Crippen molar-refractivity contribution in [1.29, 1.82) is 0 Å². The second kappa shape index (κ2) is 10.5. The molecular formula is C25H18F7NO5S2. The maximum absolute atomic E-state index is 14.6. The van der Waals surface area contributed by atoms with Crippen LogP contribution in [-0.2, 0) is 32.7 Å². The summed E-state index contributed by atoms with van der Waals surface area (Å²) in [7, 11) is -10.3. The molecule has 15 heteroatoms. The Balaban J connectivity index is 1.71. The molecule has 40 heavy (non-hydrogen) atoms. The number of sulfone groups is 1. The number of sulfonamides is 1. The summed E-state index contributed by atoms with van der Waals surface area (Å²) < 4.78 is 147. The highest BCUT2D eigenvalue weighted by Gasteiger charge is 2.47. The third kappa shape index (κ3) is 6.33. The van der Waals surface area contributed by atoms with Gasteiger partial charge in [0, 0.05) is 6.04 Å². The number of hydrogen-bond donors (Lipinski definition) is 1. The summed E-state index contributed by atoms with van der Waals surface area (Å²) in [6.07, 6.45) is -0.505. The zero-order valence-electron chi connectivity index (χ0n) is 20.0. The fourth-order valence-electron chi connectivity index (χ4n) is 4.30. The summed E-state index contributed by atoms with van der Waals surface area (Å²) in [5, 5.41) is 0. The molecule has 1 N–H and O–H groups in total. The van der Waals surface area contributed by atoms with E-state index in [0.717, 1.165) is 24.3 Å². The van der Waals surface area contributed by atoms with Crippen LogP contribution in [0.25, 0.3) is 0 Å². The van der Waals surface area contributed by atoms with E-state index in [9.17, 15) is 47.6 Å². The van der Waals surface area contributed by atoms with Crippen LogP contribution in [0, 0.1) is 0 Å². The van der Waals surface area contributed by atoms with Crippen LogP contribution in [0.3, 0.4) is 0 Å². The maximum atomic E-state index is 14.6. The third-order valence-electron chi connectivity index (χ3n) is 6.01. The second-order valence-electron chi connectivity index (χ2n) is 8.73. The van der Waals surface area contributed by atoms with Crippen LogP contribution in [0.2, 0.25) is 0 Å². The molecule has 0 fully saturated rings. The summed E-state index contributed by atoms with van der Waals surface area (Å²) in [6.45, 7) is 0. The first-order valence-electron chi connectivity index (χ1n) is 11.3. The molecule has 2 aromatic rings. The lowest BCUT2D eigenvalue weighted by atomic mass is 10.00. The topological polar surface area (TPSA) is 89.5 Å². The standard InChI is InChI=1S/C25H18F7NO5S2/c26-20-4-2-1-3-5-22(20)39(34,35)23-14-18(38-24(27,28)29)9-7-17(23)13-15-6-10-19-16(12-15)8-11-21(19)33-40(36,37)25(30,31)32/h1-3,5-7,9-10,12,14,21,33H,8,11,13H2. The highest BCUT2D eigenvalue weighted by Crippen LogP contribution is 2.37. The van der Waals surface area contributed by atoms with Gasteiger partial charge in [0.15, 0.2) is 5.83 Å². The van der Waals surface area contributed by atoms with Gasteiger partial charge in [-0.1, -0.05) is 42.1 Å². The van der Waals surface area contributed by atoms with E-state index in [1.165, 1.54) is 30.4 Å². The Hall–Kier alpha value is -3.39. The van der Waals surface area contributed by atoms with Crippen molar-refractivity contribution in [2.45, 2.75) is 42.1 Å². The molecule has 4 rings (SSSR count). The molecule has 0 heterocycles. The number of benzene rings is 2. The van der Waals surface area contributed by atoms with Gasteiger partial charge < -0.3 is 4.74 Å². The summed E-state index contributed by atoms with van der Waals surface area (Å²) in [4.78, 5) is -1.50. The lowest BCUT2D eigenvalue weighted by Gasteiger charge is -2.17. The number of allylic oxidation sites excluding steroid dienone is 4. The molecule has 0 saturated carbocycles. The lowest BCUT2D eigenvalue weighted by Crippen LogP contribution is -2.38. The number of nitrogens with one attached hydrogen (secondary N) is 1. The highest BCUT2D eigenvalue weighted by atomic mass is 32.2. The van der Waals surface area contributed by atoms with E-state index >= 15 is 0 Å². The molecule has 0 radical (unpaired) electrons. The number of fused-ring (bicyclic) bond motifs is 1. The average Bonchev–Trinajstić information content (AvgIpc) is 3.06. The summed E-state index contributed by atoms with van der Waals surface area (Å²) in [5.74, 6) is -2.11. The van der Waals surface area contributed by atoms with Gasteiger partial charge in [0.1, 0.15) is 10.7 Å². The van der Waals surface area contributed by atoms with Crippen LogP contribution in [0.1, 0.15) is 34.7 Å². The monoisotopic (exact) mass is 609 g/mol. The predicted octanol–water partition coefficient (Wildman–Crippen LogP) is 5.84. The minimum Gasteiger partial charge on any atom is -0.406 e. The number of hydrogen-bond acceptors (Lipinski definition) is 5. The Bertz CT molecular complexity index is 1680. The lowest BCUT2D eigenvalue weighted by molar-refractivity contribution is -0.274. The molecule has 1 atom stereocenters. The number of rotatable bonds is 7. The van der Waals surface area contributed by atoms with Gasteiger partial charge in [-0.2, -0.15) is 22.3 Å². The molecule has 0 spiro atoms. The van der Waals surface area contributed by atoms with Gasteiger partial charge in [0.05, 0.1) is 4.90 Å². The molecule has 0 bridgehead atoms. The fourth-order valence-corrected chi connectivity index (χ4v) is 6.59. The summed E-state index contributed by atoms with van der Waals surface area (Å²) in [6, 6.07) is 5.80. The summed E-state index contributed by atoms with van der Waals surface area (Å²) >= 11 is 0. The van der Waals surface area contributed by atoms with Crippen LogP contribution < -0.4 is 9.46 Å². The molecule has 6 nitrogen and oxygen atoms in total. The van der Waals surface area contributed by atoms with Crippen molar-refractivity contribution in [3.05, 3.63) is 99.4 Å². The van der Waals surface area contributed by atoms with Crippen molar-refractivity contribution in [2.75, 3.05) is 0 Å². The van der Waals surface area contributed by atoms with Crippen molar-refractivity contribution in [3.63, 3.8) is 0 Å². The third-order valence-corrected chi connectivity index (χ3v) is 9.07. The molecule has 2 aromatic carbocycles. The van der Waals surface area contributed by atoms with E-state index in [0.29, 0.717) is 22.8 Å². The summed E-state index contributed by atoms with van der Waals surface area (Å²) in [5.41, 5.74) is -2.18. The quantitative estimate of drug-likeness (QED) is 0.315. The van der Waals surface area contributed by atoms with E-state index in [4.69, 9.17) is 0 Å². The normalized spacial score (nSPS) is 17.7. The van der Waals surface area contributed by atoms with Crippen LogP contribution in [-0.4, -0.2) is 28.7 Å². The van der Waals surface area contributed by atoms with Gasteiger partial charge in [-0.15, -0.1) is 13.2 Å². The van der Waals surface area contributed by atoms with Crippen molar-refractivity contribution in [3.8, 4) is 5.75 Å². The van der Waals surface area contributed by atoms with Crippen molar-refractivity contribution in [1.82, 2.24) is 4.72 Å². The van der Waals surface area contributed by atoms with Gasteiger partial charge >= 0.3 is 21.9 Å². The molecule has 0 aromatic heterocycles. The molecule has 214 valence electrons. The van der Waals surface area contributed by atoms with Crippen molar-refractivity contribution >= 4 is 19.9 Å². The SMILES string of the molecule is O=S(=O)(C1=CC=CC=C=C1F)c1cc(OC(F)(F)F)ccc1Cc1ccc2c(c1)CCC2NS(=O)(=O)C(F)(F)F. The smallest absolute Gasteiger partial charge is 0.406 e. The van der Waals surface area contributed by atoms with Gasteiger partial charge in [0.25, 0.3) is 0 Å². The molecule has 0 aliphatic heterocycles. The first-order chi connectivity index (χ1) is 18.5. The largest absolute Gasteiger partial charge is 0.573 e. The Kier molecular flexibility index (Phi) is 7.80. The van der Waals surface area contributed by atoms with Gasteiger partial charge in [-0.05, 0) is 65.8 Å². The Morgan fingerprint density at radius 3 is 2.38 bits per heavy atom. The fraction of sp³-hybridized carbons (Fsp3) is 0.240. The van der Waals surface area contributed by atoms with E-state index in [-0.39, 0.29) is 24.8 Å². The zero-order chi connectivity index (χ0) is 29.5. The Morgan fingerprint density at radius 2 is 1.70 bits per heavy atom.